The van der Waals surface area contributed by atoms with Crippen LogP contribution in [0.1, 0.15) is 16.2 Å². The van der Waals surface area contributed by atoms with Gasteiger partial charge in [0.15, 0.2) is 0 Å². The SMILES string of the molecule is Cc1ccccc1Nc1ccc(NC(=O)c2nnc(Nc3ccccc3F)o2)cc1. The molecule has 0 atom stereocenters. The van der Waals surface area contributed by atoms with Gasteiger partial charge in [0.2, 0.25) is 0 Å². The Bertz CT molecular complexity index is 1170. The minimum atomic E-state index is -0.566. The fourth-order valence-electron chi connectivity index (χ4n) is 2.73. The summed E-state index contributed by atoms with van der Waals surface area (Å²) in [7, 11) is 0. The quantitative estimate of drug-likeness (QED) is 0.407. The lowest BCUT2D eigenvalue weighted by Gasteiger charge is -2.10. The number of nitrogens with zero attached hydrogens (tertiary/aromatic N) is 2. The van der Waals surface area contributed by atoms with Crippen molar-refractivity contribution < 1.29 is 13.6 Å². The highest BCUT2D eigenvalue weighted by molar-refractivity contribution is 6.01. The summed E-state index contributed by atoms with van der Waals surface area (Å²) < 4.78 is 19.0. The van der Waals surface area contributed by atoms with Crippen LogP contribution in [0.2, 0.25) is 0 Å². The summed E-state index contributed by atoms with van der Waals surface area (Å²) in [6.45, 7) is 2.02. The summed E-state index contributed by atoms with van der Waals surface area (Å²) in [6, 6.07) is 21.1. The summed E-state index contributed by atoms with van der Waals surface area (Å²) in [6.07, 6.45) is 0. The maximum Gasteiger partial charge on any atom is 0.320 e. The number of para-hydroxylation sites is 2. The highest BCUT2D eigenvalue weighted by Gasteiger charge is 2.16. The molecule has 0 aliphatic carbocycles. The van der Waals surface area contributed by atoms with E-state index in [0.717, 1.165) is 16.9 Å². The maximum atomic E-state index is 13.7. The molecular weight excluding hydrogens is 385 g/mol. The number of hydrogen-bond donors (Lipinski definition) is 3. The third-order valence-corrected chi connectivity index (χ3v) is 4.30. The number of aryl methyl sites for hydroxylation is 1. The average Bonchev–Trinajstić information content (AvgIpc) is 3.22. The number of carbonyl (C=O) groups is 1. The molecule has 0 aliphatic heterocycles. The van der Waals surface area contributed by atoms with Gasteiger partial charge in [-0.05, 0) is 55.0 Å². The Balaban J connectivity index is 1.39. The lowest BCUT2D eigenvalue weighted by Crippen LogP contribution is -2.12. The molecule has 4 aromatic rings. The molecule has 4 rings (SSSR count). The monoisotopic (exact) mass is 403 g/mol. The van der Waals surface area contributed by atoms with E-state index in [1.807, 2.05) is 43.3 Å². The first-order chi connectivity index (χ1) is 14.6. The van der Waals surface area contributed by atoms with Gasteiger partial charge >= 0.3 is 17.8 Å². The predicted octanol–water partition coefficient (Wildman–Crippen LogP) is 5.26. The van der Waals surface area contributed by atoms with Gasteiger partial charge in [0.1, 0.15) is 5.82 Å². The van der Waals surface area contributed by atoms with Crippen molar-refractivity contribution in [3.63, 3.8) is 0 Å². The molecule has 3 aromatic carbocycles. The Labute approximate surface area is 172 Å². The first-order valence-electron chi connectivity index (χ1n) is 9.17. The minimum Gasteiger partial charge on any atom is -0.399 e. The Hall–Kier alpha value is -4.20. The van der Waals surface area contributed by atoms with E-state index in [1.165, 1.54) is 12.1 Å². The van der Waals surface area contributed by atoms with Crippen LogP contribution in [-0.2, 0) is 0 Å². The Morgan fingerprint density at radius 1 is 0.833 bits per heavy atom. The van der Waals surface area contributed by atoms with Crippen LogP contribution in [0.5, 0.6) is 0 Å². The topological polar surface area (TPSA) is 92.1 Å². The van der Waals surface area contributed by atoms with Gasteiger partial charge in [-0.25, -0.2) is 4.39 Å². The molecule has 0 fully saturated rings. The molecule has 30 heavy (non-hydrogen) atoms. The maximum absolute atomic E-state index is 13.7. The molecule has 1 heterocycles. The number of amides is 1. The van der Waals surface area contributed by atoms with E-state index in [9.17, 15) is 9.18 Å². The molecule has 0 unspecified atom stereocenters. The zero-order valence-corrected chi connectivity index (χ0v) is 16.0. The number of rotatable bonds is 6. The number of carbonyl (C=O) groups excluding carboxylic acids is 1. The minimum absolute atomic E-state index is 0.0805. The van der Waals surface area contributed by atoms with Crippen LogP contribution in [-0.4, -0.2) is 16.1 Å². The lowest BCUT2D eigenvalue weighted by molar-refractivity contribution is 0.0991. The molecule has 7 nitrogen and oxygen atoms in total. The average molecular weight is 403 g/mol. The van der Waals surface area contributed by atoms with Crippen LogP contribution < -0.4 is 16.0 Å². The Morgan fingerprint density at radius 3 is 2.23 bits per heavy atom. The smallest absolute Gasteiger partial charge is 0.320 e. The number of hydrogen-bond acceptors (Lipinski definition) is 6. The van der Waals surface area contributed by atoms with E-state index in [2.05, 4.69) is 26.1 Å². The van der Waals surface area contributed by atoms with Gasteiger partial charge in [-0.15, -0.1) is 5.10 Å². The fourth-order valence-corrected chi connectivity index (χ4v) is 2.73. The van der Waals surface area contributed by atoms with Crippen molar-refractivity contribution >= 4 is 34.7 Å². The van der Waals surface area contributed by atoms with E-state index in [-0.39, 0.29) is 17.6 Å². The molecule has 1 amide bonds. The van der Waals surface area contributed by atoms with Gasteiger partial charge < -0.3 is 20.4 Å². The molecule has 150 valence electrons. The molecule has 0 bridgehead atoms. The molecule has 3 N–H and O–H groups in total. The van der Waals surface area contributed by atoms with Crippen molar-refractivity contribution in [1.29, 1.82) is 0 Å². The van der Waals surface area contributed by atoms with E-state index in [1.54, 1.807) is 24.3 Å². The van der Waals surface area contributed by atoms with Crippen LogP contribution in [0.3, 0.4) is 0 Å². The summed E-state index contributed by atoms with van der Waals surface area (Å²) in [5, 5.41) is 16.1. The summed E-state index contributed by atoms with van der Waals surface area (Å²) >= 11 is 0. The molecule has 0 radical (unpaired) electrons. The van der Waals surface area contributed by atoms with Crippen LogP contribution >= 0.6 is 0 Å². The van der Waals surface area contributed by atoms with Crippen LogP contribution in [0.15, 0.2) is 77.2 Å². The van der Waals surface area contributed by atoms with Gasteiger partial charge in [0, 0.05) is 17.1 Å². The zero-order chi connectivity index (χ0) is 20.9. The number of aromatic nitrogens is 2. The third kappa shape index (κ3) is 4.44. The highest BCUT2D eigenvalue weighted by Crippen LogP contribution is 2.22. The number of halogens is 1. The van der Waals surface area contributed by atoms with Crippen molar-refractivity contribution in [3.8, 4) is 0 Å². The summed E-state index contributed by atoms with van der Waals surface area (Å²) in [5.74, 6) is -1.28. The van der Waals surface area contributed by atoms with Crippen molar-refractivity contribution in [1.82, 2.24) is 10.2 Å². The molecule has 0 aliphatic rings. The molecule has 0 saturated heterocycles. The normalized spacial score (nSPS) is 10.5. The van der Waals surface area contributed by atoms with Crippen molar-refractivity contribution in [2.24, 2.45) is 0 Å². The van der Waals surface area contributed by atoms with Crippen LogP contribution in [0.25, 0.3) is 0 Å². The predicted molar refractivity (Wildman–Crippen MR) is 113 cm³/mol. The first kappa shape index (κ1) is 19.1. The zero-order valence-electron chi connectivity index (χ0n) is 16.0. The van der Waals surface area contributed by atoms with Gasteiger partial charge in [-0.1, -0.05) is 35.4 Å². The van der Waals surface area contributed by atoms with Gasteiger partial charge in [0.25, 0.3) is 0 Å². The highest BCUT2D eigenvalue weighted by atomic mass is 19.1. The Morgan fingerprint density at radius 2 is 1.50 bits per heavy atom. The first-order valence-corrected chi connectivity index (χ1v) is 9.17. The molecule has 0 spiro atoms. The molecule has 8 heteroatoms. The van der Waals surface area contributed by atoms with Gasteiger partial charge in [-0.2, -0.15) is 0 Å². The number of anilines is 5. The second kappa shape index (κ2) is 8.44. The fraction of sp³-hybridized carbons (Fsp3) is 0.0455. The standard InChI is InChI=1S/C22H18FN5O2/c1-14-6-2-4-8-18(14)24-15-10-12-16(13-11-15)25-20(29)21-27-28-22(30-21)26-19-9-5-3-7-17(19)23/h2-13,24H,1H3,(H,25,29)(H,26,28). The number of nitrogens with one attached hydrogen (secondary N) is 3. The van der Waals surface area contributed by atoms with E-state index >= 15 is 0 Å². The Kier molecular flexibility index (Phi) is 5.38. The second-order valence-electron chi connectivity index (χ2n) is 6.49. The second-order valence-corrected chi connectivity index (χ2v) is 6.49. The van der Waals surface area contributed by atoms with Crippen molar-refractivity contribution in [3.05, 3.63) is 90.1 Å². The largest absolute Gasteiger partial charge is 0.399 e. The molecular formula is C22H18FN5O2. The van der Waals surface area contributed by atoms with E-state index < -0.39 is 11.7 Å². The van der Waals surface area contributed by atoms with E-state index in [4.69, 9.17) is 4.42 Å². The van der Waals surface area contributed by atoms with Gasteiger partial charge in [-0.3, -0.25) is 4.79 Å². The number of benzene rings is 3. The van der Waals surface area contributed by atoms with Crippen molar-refractivity contribution in [2.75, 3.05) is 16.0 Å². The van der Waals surface area contributed by atoms with E-state index in [0.29, 0.717) is 5.69 Å². The van der Waals surface area contributed by atoms with Crippen LogP contribution in [0, 0.1) is 12.7 Å². The third-order valence-electron chi connectivity index (χ3n) is 4.30. The summed E-state index contributed by atoms with van der Waals surface area (Å²) in [5.41, 5.74) is 3.76. The van der Waals surface area contributed by atoms with Crippen LogP contribution in [0.4, 0.5) is 33.2 Å². The van der Waals surface area contributed by atoms with Crippen molar-refractivity contribution in [2.45, 2.75) is 6.92 Å². The molecule has 0 saturated carbocycles. The summed E-state index contributed by atoms with van der Waals surface area (Å²) in [4.78, 5) is 12.3. The lowest BCUT2D eigenvalue weighted by atomic mass is 10.2. The van der Waals surface area contributed by atoms with Gasteiger partial charge in [0.05, 0.1) is 5.69 Å². The molecule has 1 aromatic heterocycles.